The van der Waals surface area contributed by atoms with Gasteiger partial charge in [-0.15, -0.1) is 0 Å². The van der Waals surface area contributed by atoms with Crippen molar-refractivity contribution in [3.63, 3.8) is 0 Å². The lowest BCUT2D eigenvalue weighted by molar-refractivity contribution is -0.151. The maximum absolute atomic E-state index is 13.2. The Kier molecular flexibility index (Phi) is 48.0. The number of aliphatic hydroxyl groups excluding tert-OH is 2. The van der Waals surface area contributed by atoms with Gasteiger partial charge in [-0.25, -0.2) is 0 Å². The summed E-state index contributed by atoms with van der Waals surface area (Å²) in [7, 11) is 0. The zero-order valence-electron chi connectivity index (χ0n) is 40.9. The fourth-order valence-electron chi connectivity index (χ4n) is 8.79. The smallest absolute Gasteiger partial charge is 0.306 e. The summed E-state index contributed by atoms with van der Waals surface area (Å²) in [4.78, 5) is 26.2. The third-order valence-corrected chi connectivity index (χ3v) is 12.9. The Balaban J connectivity index is 4.48. The van der Waals surface area contributed by atoms with Crippen LogP contribution < -0.4 is 5.32 Å². The van der Waals surface area contributed by atoms with Gasteiger partial charge in [0.15, 0.2) is 0 Å². The van der Waals surface area contributed by atoms with E-state index < -0.39 is 18.2 Å². The van der Waals surface area contributed by atoms with Crippen LogP contribution in [0, 0.1) is 0 Å². The summed E-state index contributed by atoms with van der Waals surface area (Å²) in [6.45, 7) is 6.52. The molecule has 0 saturated carbocycles. The SMILES string of the molecule is CCCCCCCCCCCCCCCCCC(O)C(CO)NC(=O)CC(CCCCCCCCCCCCCCC)OC(=O)CCCCCCCCCCCCCCC. The fraction of sp³-hybridized carbons (Fsp3) is 0.963. The molecule has 6 heteroatoms. The first-order valence-corrected chi connectivity index (χ1v) is 27.3. The van der Waals surface area contributed by atoms with Gasteiger partial charge < -0.3 is 20.3 Å². The molecule has 3 N–H and O–H groups in total. The Labute approximate surface area is 375 Å². The monoisotopic (exact) mass is 850 g/mol. The van der Waals surface area contributed by atoms with Gasteiger partial charge >= 0.3 is 5.97 Å². The molecule has 0 bridgehead atoms. The number of aliphatic hydroxyl groups is 2. The van der Waals surface area contributed by atoms with Gasteiger partial charge in [-0.3, -0.25) is 9.59 Å². The molecule has 3 atom stereocenters. The summed E-state index contributed by atoms with van der Waals surface area (Å²) in [5.74, 6) is -0.449. The molecule has 0 spiro atoms. The first kappa shape index (κ1) is 58.9. The maximum atomic E-state index is 13.2. The lowest BCUT2D eigenvalue weighted by Crippen LogP contribution is -2.46. The average molecular weight is 850 g/mol. The van der Waals surface area contributed by atoms with E-state index in [-0.39, 0.29) is 24.9 Å². The van der Waals surface area contributed by atoms with Crippen molar-refractivity contribution in [3.05, 3.63) is 0 Å². The number of carbonyl (C=O) groups is 2. The molecule has 0 aromatic carbocycles. The van der Waals surface area contributed by atoms with Crippen LogP contribution >= 0.6 is 0 Å². The first-order valence-electron chi connectivity index (χ1n) is 27.3. The van der Waals surface area contributed by atoms with Crippen LogP contribution in [0.2, 0.25) is 0 Å². The standard InChI is InChI=1S/C54H107NO5/c1-4-7-10-13-16-19-22-25-26-29-31-34-37-40-43-46-52(57)51(49-56)55-53(58)48-50(45-42-39-36-33-30-27-23-20-17-14-11-8-5-2)60-54(59)47-44-41-38-35-32-28-24-21-18-15-12-9-6-3/h50-52,56-57H,4-49H2,1-3H3,(H,55,58). The van der Waals surface area contributed by atoms with Crippen molar-refractivity contribution in [1.82, 2.24) is 5.32 Å². The van der Waals surface area contributed by atoms with Crippen LogP contribution in [0.5, 0.6) is 0 Å². The summed E-state index contributed by atoms with van der Waals surface area (Å²) in [5.41, 5.74) is 0. The molecule has 0 aliphatic carbocycles. The number of ether oxygens (including phenoxy) is 1. The molecule has 60 heavy (non-hydrogen) atoms. The lowest BCUT2D eigenvalue weighted by Gasteiger charge is -2.24. The molecule has 0 aromatic heterocycles. The number of esters is 1. The van der Waals surface area contributed by atoms with Crippen molar-refractivity contribution in [2.75, 3.05) is 6.61 Å². The van der Waals surface area contributed by atoms with Gasteiger partial charge in [-0.05, 0) is 25.7 Å². The van der Waals surface area contributed by atoms with Crippen molar-refractivity contribution in [1.29, 1.82) is 0 Å². The largest absolute Gasteiger partial charge is 0.462 e. The van der Waals surface area contributed by atoms with Gasteiger partial charge in [0.25, 0.3) is 0 Å². The average Bonchev–Trinajstić information content (AvgIpc) is 3.24. The summed E-state index contributed by atoms with van der Waals surface area (Å²) in [5, 5.41) is 23.8. The van der Waals surface area contributed by atoms with Crippen LogP contribution in [0.4, 0.5) is 0 Å². The number of hydrogen-bond acceptors (Lipinski definition) is 5. The lowest BCUT2D eigenvalue weighted by atomic mass is 10.0. The van der Waals surface area contributed by atoms with E-state index in [1.807, 2.05) is 0 Å². The van der Waals surface area contributed by atoms with E-state index in [4.69, 9.17) is 4.74 Å². The van der Waals surface area contributed by atoms with E-state index in [1.165, 1.54) is 225 Å². The minimum absolute atomic E-state index is 0.0881. The van der Waals surface area contributed by atoms with Crippen molar-refractivity contribution in [3.8, 4) is 0 Å². The van der Waals surface area contributed by atoms with Gasteiger partial charge in [0.1, 0.15) is 6.10 Å². The van der Waals surface area contributed by atoms with E-state index in [1.54, 1.807) is 0 Å². The molecule has 0 heterocycles. The number of rotatable bonds is 50. The van der Waals surface area contributed by atoms with Crippen LogP contribution in [0.1, 0.15) is 310 Å². The molecule has 358 valence electrons. The molecular formula is C54H107NO5. The van der Waals surface area contributed by atoms with E-state index in [9.17, 15) is 19.8 Å². The number of unbranched alkanes of at least 4 members (excludes halogenated alkanes) is 38. The van der Waals surface area contributed by atoms with Crippen molar-refractivity contribution in [2.45, 2.75) is 328 Å². The minimum atomic E-state index is -0.779. The van der Waals surface area contributed by atoms with E-state index in [0.717, 1.165) is 38.5 Å². The first-order chi connectivity index (χ1) is 29.5. The predicted molar refractivity (Wildman–Crippen MR) is 260 cm³/mol. The highest BCUT2D eigenvalue weighted by Crippen LogP contribution is 2.19. The van der Waals surface area contributed by atoms with Crippen LogP contribution in [0.3, 0.4) is 0 Å². The van der Waals surface area contributed by atoms with Gasteiger partial charge in [0, 0.05) is 6.42 Å². The van der Waals surface area contributed by atoms with E-state index in [0.29, 0.717) is 19.3 Å². The zero-order chi connectivity index (χ0) is 43.8. The molecule has 3 unspecified atom stereocenters. The maximum Gasteiger partial charge on any atom is 0.306 e. The summed E-state index contributed by atoms with van der Waals surface area (Å²) >= 11 is 0. The number of carbonyl (C=O) groups excluding carboxylic acids is 2. The Hall–Kier alpha value is -1.14. The second-order valence-corrected chi connectivity index (χ2v) is 19.0. The molecule has 0 aliphatic rings. The topological polar surface area (TPSA) is 95.9 Å². The van der Waals surface area contributed by atoms with Crippen molar-refractivity contribution in [2.24, 2.45) is 0 Å². The number of nitrogens with one attached hydrogen (secondary N) is 1. The zero-order valence-corrected chi connectivity index (χ0v) is 40.9. The Morgan fingerprint density at radius 3 is 1.02 bits per heavy atom. The van der Waals surface area contributed by atoms with E-state index >= 15 is 0 Å². The minimum Gasteiger partial charge on any atom is -0.462 e. The Morgan fingerprint density at radius 1 is 0.417 bits per heavy atom. The van der Waals surface area contributed by atoms with Crippen molar-refractivity contribution >= 4 is 11.9 Å². The molecule has 0 saturated heterocycles. The highest BCUT2D eigenvalue weighted by molar-refractivity contribution is 5.77. The molecular weight excluding hydrogens is 743 g/mol. The Morgan fingerprint density at radius 2 is 0.700 bits per heavy atom. The van der Waals surface area contributed by atoms with Crippen LogP contribution in [-0.4, -0.2) is 46.9 Å². The molecule has 1 amide bonds. The normalized spacial score (nSPS) is 13.1. The molecule has 0 rings (SSSR count). The summed E-state index contributed by atoms with van der Waals surface area (Å²) < 4.78 is 5.95. The molecule has 0 radical (unpaired) electrons. The highest BCUT2D eigenvalue weighted by atomic mass is 16.5. The van der Waals surface area contributed by atoms with Crippen LogP contribution in [0.25, 0.3) is 0 Å². The summed E-state index contributed by atoms with van der Waals surface area (Å²) in [6, 6.07) is -0.692. The van der Waals surface area contributed by atoms with Crippen molar-refractivity contribution < 1.29 is 24.5 Å². The molecule has 6 nitrogen and oxygen atoms in total. The second-order valence-electron chi connectivity index (χ2n) is 19.0. The third kappa shape index (κ3) is 43.5. The third-order valence-electron chi connectivity index (χ3n) is 12.9. The molecule has 0 fully saturated rings. The second kappa shape index (κ2) is 48.9. The fourth-order valence-corrected chi connectivity index (χ4v) is 8.79. The van der Waals surface area contributed by atoms with Gasteiger partial charge in [0.05, 0.1) is 25.2 Å². The highest BCUT2D eigenvalue weighted by Gasteiger charge is 2.24. The van der Waals surface area contributed by atoms with Crippen LogP contribution in [-0.2, 0) is 14.3 Å². The Bertz CT molecular complexity index is 867. The van der Waals surface area contributed by atoms with Gasteiger partial charge in [-0.1, -0.05) is 271 Å². The van der Waals surface area contributed by atoms with E-state index in [2.05, 4.69) is 26.1 Å². The quantitative estimate of drug-likeness (QED) is 0.0419. The van der Waals surface area contributed by atoms with Crippen LogP contribution in [0.15, 0.2) is 0 Å². The van der Waals surface area contributed by atoms with Gasteiger partial charge in [0.2, 0.25) is 5.91 Å². The summed E-state index contributed by atoms with van der Waals surface area (Å²) in [6.07, 6.45) is 53.0. The molecule has 0 aromatic rings. The predicted octanol–water partition coefficient (Wildman–Crippen LogP) is 16.4. The number of amides is 1. The number of hydrogen-bond donors (Lipinski definition) is 3. The molecule has 0 aliphatic heterocycles. The van der Waals surface area contributed by atoms with Gasteiger partial charge in [-0.2, -0.15) is 0 Å².